The predicted molar refractivity (Wildman–Crippen MR) is 69.3 cm³/mol. The molecule has 0 spiro atoms. The number of imide groups is 1. The molecule has 0 aromatic heterocycles. The Morgan fingerprint density at radius 2 is 1.83 bits per heavy atom. The van der Waals surface area contributed by atoms with Gasteiger partial charge in [-0.25, -0.2) is 9.69 Å². The Hall–Kier alpha value is -2.58. The number of nitrogens with zero attached hydrogens (tertiary/aromatic N) is 2. The van der Waals surface area contributed by atoms with Gasteiger partial charge in [-0.15, -0.1) is 0 Å². The van der Waals surface area contributed by atoms with Gasteiger partial charge in [0.25, 0.3) is 11.8 Å². The Labute approximate surface area is 128 Å². The first-order chi connectivity index (χ1) is 10.8. The number of amides is 3. The van der Waals surface area contributed by atoms with E-state index in [0.717, 1.165) is 21.9 Å². The molecule has 0 bridgehead atoms. The van der Waals surface area contributed by atoms with E-state index >= 15 is 0 Å². The quantitative estimate of drug-likeness (QED) is 0.825. The molecule has 0 atom stereocenters. The molecule has 1 aromatic rings. The third-order valence-electron chi connectivity index (χ3n) is 3.76. The number of cyclic esters (lactones) is 1. The van der Waals surface area contributed by atoms with Crippen LogP contribution in [0.3, 0.4) is 0 Å². The Bertz CT molecular complexity index is 667. The van der Waals surface area contributed by atoms with Crippen LogP contribution in [0.1, 0.15) is 15.9 Å². The Kier molecular flexibility index (Phi) is 3.50. The van der Waals surface area contributed by atoms with E-state index in [-0.39, 0.29) is 19.7 Å². The number of hydrogen-bond acceptors (Lipinski definition) is 4. The van der Waals surface area contributed by atoms with E-state index in [0.29, 0.717) is 0 Å². The summed E-state index contributed by atoms with van der Waals surface area (Å²) in [5.41, 5.74) is -1.46. The molecule has 0 aliphatic carbocycles. The van der Waals surface area contributed by atoms with Gasteiger partial charge in [0.15, 0.2) is 6.61 Å². The van der Waals surface area contributed by atoms with Crippen LogP contribution in [0.5, 0.6) is 0 Å². The molecule has 2 saturated heterocycles. The molecule has 0 N–H and O–H groups in total. The second-order valence-electron chi connectivity index (χ2n) is 5.23. The standard InChI is InChI=1S/C14H11F3N2O4/c15-14(16,17)10-4-2-1-3-9(10)12(21)18-5-8(6-18)19-11(20)7-23-13(19)22/h1-4,8H,5-7H2. The maximum atomic E-state index is 12.9. The molecule has 2 aliphatic heterocycles. The van der Waals surface area contributed by atoms with Gasteiger partial charge in [0, 0.05) is 13.1 Å². The minimum atomic E-state index is -4.63. The normalized spacial score (nSPS) is 18.9. The van der Waals surface area contributed by atoms with Crippen LogP contribution in [0.2, 0.25) is 0 Å². The maximum Gasteiger partial charge on any atom is 0.417 e. The molecule has 2 heterocycles. The molecule has 3 amide bonds. The molecule has 1 aromatic carbocycles. The van der Waals surface area contributed by atoms with Crippen molar-refractivity contribution in [1.29, 1.82) is 0 Å². The van der Waals surface area contributed by atoms with Crippen molar-refractivity contribution in [2.45, 2.75) is 12.2 Å². The van der Waals surface area contributed by atoms with Crippen LogP contribution in [0, 0.1) is 0 Å². The highest BCUT2D eigenvalue weighted by Gasteiger charge is 2.45. The molecule has 23 heavy (non-hydrogen) atoms. The van der Waals surface area contributed by atoms with Crippen molar-refractivity contribution in [3.8, 4) is 0 Å². The van der Waals surface area contributed by atoms with E-state index in [4.69, 9.17) is 0 Å². The highest BCUT2D eigenvalue weighted by atomic mass is 19.4. The van der Waals surface area contributed by atoms with E-state index in [9.17, 15) is 27.6 Å². The van der Waals surface area contributed by atoms with E-state index in [1.54, 1.807) is 0 Å². The van der Waals surface area contributed by atoms with Crippen LogP contribution in [0.4, 0.5) is 18.0 Å². The Morgan fingerprint density at radius 3 is 2.39 bits per heavy atom. The van der Waals surface area contributed by atoms with E-state index in [1.165, 1.54) is 12.1 Å². The minimum Gasteiger partial charge on any atom is -0.439 e. The highest BCUT2D eigenvalue weighted by Crippen LogP contribution is 2.33. The Balaban J connectivity index is 1.73. The fourth-order valence-electron chi connectivity index (χ4n) is 2.59. The topological polar surface area (TPSA) is 66.9 Å². The molecular formula is C14H11F3N2O4. The van der Waals surface area contributed by atoms with Crippen molar-refractivity contribution in [1.82, 2.24) is 9.80 Å². The van der Waals surface area contributed by atoms with Crippen molar-refractivity contribution in [2.24, 2.45) is 0 Å². The summed E-state index contributed by atoms with van der Waals surface area (Å²) in [6.45, 7) is -0.363. The van der Waals surface area contributed by atoms with E-state index in [2.05, 4.69) is 4.74 Å². The number of carbonyl (C=O) groups excluding carboxylic acids is 3. The van der Waals surface area contributed by atoms with Crippen molar-refractivity contribution in [2.75, 3.05) is 19.7 Å². The van der Waals surface area contributed by atoms with Crippen LogP contribution in [-0.4, -0.2) is 53.4 Å². The van der Waals surface area contributed by atoms with Crippen molar-refractivity contribution in [3.63, 3.8) is 0 Å². The zero-order chi connectivity index (χ0) is 16.8. The number of benzene rings is 1. The van der Waals surface area contributed by atoms with Gasteiger partial charge in [-0.05, 0) is 12.1 Å². The number of halogens is 3. The third kappa shape index (κ3) is 2.62. The number of likely N-dealkylation sites (tertiary alicyclic amines) is 1. The molecule has 2 aliphatic rings. The van der Waals surface area contributed by atoms with Gasteiger partial charge in [0.1, 0.15) is 0 Å². The van der Waals surface area contributed by atoms with Crippen molar-refractivity contribution >= 4 is 17.9 Å². The number of carbonyl (C=O) groups is 3. The second kappa shape index (κ2) is 5.25. The van der Waals surface area contributed by atoms with Crippen LogP contribution >= 0.6 is 0 Å². The zero-order valence-corrected chi connectivity index (χ0v) is 11.7. The lowest BCUT2D eigenvalue weighted by molar-refractivity contribution is -0.138. The predicted octanol–water partition coefficient (Wildman–Crippen LogP) is 1.51. The molecule has 9 heteroatoms. The van der Waals surface area contributed by atoms with Gasteiger partial charge in [0.05, 0.1) is 17.2 Å². The number of hydrogen-bond donors (Lipinski definition) is 0. The fraction of sp³-hybridized carbons (Fsp3) is 0.357. The number of alkyl halides is 3. The summed E-state index contributed by atoms with van der Waals surface area (Å²) in [5.74, 6) is -1.29. The third-order valence-corrected chi connectivity index (χ3v) is 3.76. The van der Waals surface area contributed by atoms with Crippen LogP contribution in [0.15, 0.2) is 24.3 Å². The molecule has 0 radical (unpaired) electrons. The van der Waals surface area contributed by atoms with Crippen LogP contribution in [-0.2, 0) is 15.7 Å². The SMILES string of the molecule is O=C(c1ccccc1C(F)(F)F)N1CC(N2C(=O)COC2=O)C1. The van der Waals surface area contributed by atoms with E-state index < -0.39 is 41.3 Å². The van der Waals surface area contributed by atoms with E-state index in [1.807, 2.05) is 0 Å². The first-order valence-electron chi connectivity index (χ1n) is 6.73. The molecule has 2 fully saturated rings. The fourth-order valence-corrected chi connectivity index (χ4v) is 2.59. The minimum absolute atomic E-state index is 0.00807. The summed E-state index contributed by atoms with van der Waals surface area (Å²) in [6, 6.07) is 3.94. The summed E-state index contributed by atoms with van der Waals surface area (Å²) in [4.78, 5) is 37.1. The summed E-state index contributed by atoms with van der Waals surface area (Å²) < 4.78 is 43.4. The van der Waals surface area contributed by atoms with Gasteiger partial charge in [-0.1, -0.05) is 12.1 Å². The summed E-state index contributed by atoms with van der Waals surface area (Å²) >= 11 is 0. The first kappa shape index (κ1) is 15.3. The van der Waals surface area contributed by atoms with Gasteiger partial charge >= 0.3 is 12.3 Å². The number of rotatable bonds is 2. The van der Waals surface area contributed by atoms with Crippen molar-refractivity contribution in [3.05, 3.63) is 35.4 Å². The average molecular weight is 328 g/mol. The second-order valence-corrected chi connectivity index (χ2v) is 5.23. The Morgan fingerprint density at radius 1 is 1.17 bits per heavy atom. The highest BCUT2D eigenvalue weighted by molar-refractivity contribution is 5.99. The lowest BCUT2D eigenvalue weighted by Gasteiger charge is -2.42. The lowest BCUT2D eigenvalue weighted by atomic mass is 10.0. The molecule has 3 rings (SSSR count). The largest absolute Gasteiger partial charge is 0.439 e. The first-order valence-corrected chi connectivity index (χ1v) is 6.73. The summed E-state index contributed by atoms with van der Waals surface area (Å²) in [7, 11) is 0. The average Bonchev–Trinajstić information content (AvgIpc) is 2.77. The molecule has 0 unspecified atom stereocenters. The molecular weight excluding hydrogens is 317 g/mol. The van der Waals surface area contributed by atoms with Gasteiger partial charge in [-0.3, -0.25) is 9.59 Å². The van der Waals surface area contributed by atoms with Gasteiger partial charge in [-0.2, -0.15) is 13.2 Å². The number of ether oxygens (including phenoxy) is 1. The van der Waals surface area contributed by atoms with Crippen LogP contribution in [0.25, 0.3) is 0 Å². The van der Waals surface area contributed by atoms with Gasteiger partial charge in [0.2, 0.25) is 0 Å². The van der Waals surface area contributed by atoms with Gasteiger partial charge < -0.3 is 9.64 Å². The lowest BCUT2D eigenvalue weighted by Crippen LogP contribution is -2.62. The monoisotopic (exact) mass is 328 g/mol. The smallest absolute Gasteiger partial charge is 0.417 e. The molecule has 122 valence electrons. The molecule has 6 nitrogen and oxygen atoms in total. The van der Waals surface area contributed by atoms with Crippen molar-refractivity contribution < 1.29 is 32.3 Å². The molecule has 0 saturated carbocycles. The maximum absolute atomic E-state index is 12.9. The zero-order valence-electron chi connectivity index (χ0n) is 11.7. The summed E-state index contributed by atoms with van der Waals surface area (Å²) in [6.07, 6.45) is -5.42. The summed E-state index contributed by atoms with van der Waals surface area (Å²) in [5, 5.41) is 0. The van der Waals surface area contributed by atoms with Crippen LogP contribution < -0.4 is 0 Å².